The van der Waals surface area contributed by atoms with E-state index in [0.29, 0.717) is 11.4 Å². The molecule has 3 N–H and O–H groups in total. The van der Waals surface area contributed by atoms with Gasteiger partial charge in [-0.2, -0.15) is 0 Å². The zero-order valence-corrected chi connectivity index (χ0v) is 16.5. The molecule has 6 nitrogen and oxygen atoms in total. The zero-order valence-electron chi connectivity index (χ0n) is 14.1. The van der Waals surface area contributed by atoms with Gasteiger partial charge in [0.1, 0.15) is 0 Å². The number of hydrogen-bond donors (Lipinski definition) is 3. The van der Waals surface area contributed by atoms with Crippen molar-refractivity contribution in [1.82, 2.24) is 5.32 Å². The van der Waals surface area contributed by atoms with Gasteiger partial charge in [0.05, 0.1) is 12.3 Å². The van der Waals surface area contributed by atoms with Crippen molar-refractivity contribution in [2.45, 2.75) is 19.9 Å². The number of nitrogens with one attached hydrogen (secondary N) is 3. The smallest absolute Gasteiger partial charge is 0.319 e. The van der Waals surface area contributed by atoms with E-state index in [-0.39, 0.29) is 12.1 Å². The van der Waals surface area contributed by atoms with Gasteiger partial charge >= 0.3 is 6.03 Å². The third-order valence-electron chi connectivity index (χ3n) is 3.47. The molecule has 1 atom stereocenters. The summed E-state index contributed by atoms with van der Waals surface area (Å²) in [5.41, 5.74) is 2.99. The van der Waals surface area contributed by atoms with Crippen LogP contribution >= 0.6 is 15.9 Å². The van der Waals surface area contributed by atoms with E-state index < -0.39 is 10.0 Å². The largest absolute Gasteiger partial charge is 0.331 e. The van der Waals surface area contributed by atoms with Crippen LogP contribution in [0.3, 0.4) is 0 Å². The fourth-order valence-electron chi connectivity index (χ4n) is 2.20. The summed E-state index contributed by atoms with van der Waals surface area (Å²) in [5, 5.41) is 5.60. The maximum Gasteiger partial charge on any atom is 0.319 e. The molecule has 0 aliphatic heterocycles. The topological polar surface area (TPSA) is 87.3 Å². The summed E-state index contributed by atoms with van der Waals surface area (Å²) in [6, 6.07) is 11.8. The van der Waals surface area contributed by atoms with Gasteiger partial charge in [0.25, 0.3) is 0 Å². The average Bonchev–Trinajstić information content (AvgIpc) is 2.49. The SMILES string of the molecule is Cc1ccc(NC(=O)NC(C)c2cccc(NS(C)(=O)=O)c2)cc1Br. The highest BCUT2D eigenvalue weighted by atomic mass is 79.9. The highest BCUT2D eigenvalue weighted by molar-refractivity contribution is 9.10. The summed E-state index contributed by atoms with van der Waals surface area (Å²) < 4.78 is 26.0. The number of aryl methyl sites for hydroxylation is 1. The summed E-state index contributed by atoms with van der Waals surface area (Å²) >= 11 is 3.43. The molecule has 2 aromatic carbocycles. The van der Waals surface area contributed by atoms with Crippen LogP contribution in [0, 0.1) is 6.92 Å². The van der Waals surface area contributed by atoms with Crippen molar-refractivity contribution in [3.8, 4) is 0 Å². The monoisotopic (exact) mass is 425 g/mol. The molecule has 0 spiro atoms. The number of anilines is 2. The molecule has 25 heavy (non-hydrogen) atoms. The van der Waals surface area contributed by atoms with E-state index in [0.717, 1.165) is 21.9 Å². The highest BCUT2D eigenvalue weighted by Crippen LogP contribution is 2.21. The van der Waals surface area contributed by atoms with Crippen molar-refractivity contribution < 1.29 is 13.2 Å². The van der Waals surface area contributed by atoms with E-state index in [1.165, 1.54) is 0 Å². The fraction of sp³-hybridized carbons (Fsp3) is 0.235. The molecule has 2 aromatic rings. The summed E-state index contributed by atoms with van der Waals surface area (Å²) in [4.78, 5) is 12.2. The fourth-order valence-corrected chi connectivity index (χ4v) is 3.14. The van der Waals surface area contributed by atoms with Gasteiger partial charge in [-0.25, -0.2) is 13.2 Å². The number of sulfonamides is 1. The van der Waals surface area contributed by atoms with Gasteiger partial charge in [0, 0.05) is 15.8 Å². The molecule has 1 unspecified atom stereocenters. The summed E-state index contributed by atoms with van der Waals surface area (Å²) in [5.74, 6) is 0. The molecule has 0 saturated carbocycles. The van der Waals surface area contributed by atoms with Gasteiger partial charge in [-0.3, -0.25) is 4.72 Å². The Bertz CT molecular complexity index is 884. The number of benzene rings is 2. The van der Waals surface area contributed by atoms with E-state index in [1.54, 1.807) is 18.2 Å². The number of halogens is 1. The molecule has 0 saturated heterocycles. The van der Waals surface area contributed by atoms with Crippen LogP contribution in [0.15, 0.2) is 46.9 Å². The van der Waals surface area contributed by atoms with Gasteiger partial charge in [0.15, 0.2) is 0 Å². The van der Waals surface area contributed by atoms with E-state index in [2.05, 4.69) is 31.3 Å². The normalized spacial score (nSPS) is 12.3. The Kier molecular flexibility index (Phi) is 6.07. The highest BCUT2D eigenvalue weighted by Gasteiger charge is 2.11. The van der Waals surface area contributed by atoms with E-state index in [9.17, 15) is 13.2 Å². The van der Waals surface area contributed by atoms with Crippen LogP contribution in [0.2, 0.25) is 0 Å². The standard InChI is InChI=1S/C17H20BrN3O3S/c1-11-7-8-14(10-16(11)18)20-17(22)19-12(2)13-5-4-6-15(9-13)21-25(3,23)24/h4-10,12,21H,1-3H3,(H2,19,20,22). The molecular weight excluding hydrogens is 406 g/mol. The van der Waals surface area contributed by atoms with E-state index >= 15 is 0 Å². The quantitative estimate of drug-likeness (QED) is 0.675. The lowest BCUT2D eigenvalue weighted by atomic mass is 10.1. The van der Waals surface area contributed by atoms with Crippen LogP contribution < -0.4 is 15.4 Å². The first-order chi connectivity index (χ1) is 11.6. The number of carbonyl (C=O) groups excluding carboxylic acids is 1. The lowest BCUT2D eigenvalue weighted by molar-refractivity contribution is 0.249. The molecule has 8 heteroatoms. The predicted octanol–water partition coefficient (Wildman–Crippen LogP) is 4.01. The first-order valence-corrected chi connectivity index (χ1v) is 10.2. The van der Waals surface area contributed by atoms with Crippen molar-refractivity contribution in [2.24, 2.45) is 0 Å². The van der Waals surface area contributed by atoms with E-state index in [1.807, 2.05) is 38.1 Å². The molecule has 0 heterocycles. The van der Waals surface area contributed by atoms with Crippen molar-refractivity contribution in [3.05, 3.63) is 58.1 Å². The first kappa shape index (κ1) is 19.3. The van der Waals surface area contributed by atoms with E-state index in [4.69, 9.17) is 0 Å². The molecule has 0 fully saturated rings. The Morgan fingerprint density at radius 3 is 2.48 bits per heavy atom. The lowest BCUT2D eigenvalue weighted by Crippen LogP contribution is -2.31. The van der Waals surface area contributed by atoms with Crippen molar-refractivity contribution in [3.63, 3.8) is 0 Å². The molecule has 0 bridgehead atoms. The molecule has 0 aliphatic rings. The van der Waals surface area contributed by atoms with Gasteiger partial charge in [0.2, 0.25) is 10.0 Å². The zero-order chi connectivity index (χ0) is 18.6. The number of rotatable bonds is 5. The lowest BCUT2D eigenvalue weighted by Gasteiger charge is -2.16. The second kappa shape index (κ2) is 7.88. The molecule has 0 aromatic heterocycles. The van der Waals surface area contributed by atoms with Crippen LogP contribution in [0.4, 0.5) is 16.2 Å². The minimum Gasteiger partial charge on any atom is -0.331 e. The Labute approximate surface area is 156 Å². The molecule has 2 amide bonds. The third kappa shape index (κ3) is 6.06. The van der Waals surface area contributed by atoms with Gasteiger partial charge < -0.3 is 10.6 Å². The summed E-state index contributed by atoms with van der Waals surface area (Å²) in [6.45, 7) is 3.79. The molecule has 134 valence electrons. The van der Waals surface area contributed by atoms with Gasteiger partial charge in [-0.15, -0.1) is 0 Å². The van der Waals surface area contributed by atoms with Crippen LogP contribution in [-0.4, -0.2) is 20.7 Å². The first-order valence-electron chi connectivity index (χ1n) is 7.55. The maximum absolute atomic E-state index is 12.2. The number of carbonyl (C=O) groups is 1. The molecule has 2 rings (SSSR count). The van der Waals surface area contributed by atoms with Crippen LogP contribution in [0.25, 0.3) is 0 Å². The van der Waals surface area contributed by atoms with Gasteiger partial charge in [-0.05, 0) is 49.2 Å². The Hall–Kier alpha value is -2.06. The summed E-state index contributed by atoms with van der Waals surface area (Å²) in [7, 11) is -3.35. The molecular formula is C17H20BrN3O3S. The number of amides is 2. The number of urea groups is 1. The predicted molar refractivity (Wildman–Crippen MR) is 104 cm³/mol. The van der Waals surface area contributed by atoms with Crippen molar-refractivity contribution in [2.75, 3.05) is 16.3 Å². The van der Waals surface area contributed by atoms with Crippen molar-refractivity contribution >= 4 is 43.4 Å². The minimum absolute atomic E-state index is 0.296. The second-order valence-electron chi connectivity index (χ2n) is 5.78. The Morgan fingerprint density at radius 1 is 1.12 bits per heavy atom. The molecule has 0 radical (unpaired) electrons. The number of hydrogen-bond acceptors (Lipinski definition) is 3. The summed E-state index contributed by atoms with van der Waals surface area (Å²) in [6.07, 6.45) is 1.09. The van der Waals surface area contributed by atoms with Crippen LogP contribution in [-0.2, 0) is 10.0 Å². The van der Waals surface area contributed by atoms with Crippen molar-refractivity contribution in [1.29, 1.82) is 0 Å². The van der Waals surface area contributed by atoms with Crippen LogP contribution in [0.1, 0.15) is 24.1 Å². The Balaban J connectivity index is 2.03. The third-order valence-corrected chi connectivity index (χ3v) is 4.93. The van der Waals surface area contributed by atoms with Gasteiger partial charge in [-0.1, -0.05) is 34.1 Å². The second-order valence-corrected chi connectivity index (χ2v) is 8.39. The van der Waals surface area contributed by atoms with Crippen LogP contribution in [0.5, 0.6) is 0 Å². The average molecular weight is 426 g/mol. The minimum atomic E-state index is -3.35. The Morgan fingerprint density at radius 2 is 1.84 bits per heavy atom. The maximum atomic E-state index is 12.2. The molecule has 0 aliphatic carbocycles.